The van der Waals surface area contributed by atoms with Gasteiger partial charge in [0.25, 0.3) is 0 Å². The van der Waals surface area contributed by atoms with Crippen LogP contribution in [0.25, 0.3) is 0 Å². The SMILES string of the molecule is CCOC(=O)C(N=O)=C(O)COc1ccccc1. The van der Waals surface area contributed by atoms with Crippen molar-refractivity contribution in [3.8, 4) is 5.75 Å². The molecule has 1 aromatic rings. The molecule has 1 N–H and O–H groups in total. The lowest BCUT2D eigenvalue weighted by atomic mass is 10.3. The van der Waals surface area contributed by atoms with Crippen LogP contribution in [0.5, 0.6) is 5.75 Å². The normalized spacial score (nSPS) is 11.4. The first-order chi connectivity index (χ1) is 8.69. The first-order valence-corrected chi connectivity index (χ1v) is 5.29. The second-order valence-electron chi connectivity index (χ2n) is 3.21. The molecule has 0 bridgehead atoms. The van der Waals surface area contributed by atoms with Gasteiger partial charge in [0.2, 0.25) is 5.70 Å². The quantitative estimate of drug-likeness (QED) is 0.362. The molecule has 0 heterocycles. The molecule has 0 saturated carbocycles. The van der Waals surface area contributed by atoms with Crippen LogP contribution in [0, 0.1) is 4.91 Å². The number of ether oxygens (including phenoxy) is 2. The molecule has 0 aromatic heterocycles. The molecule has 0 spiro atoms. The van der Waals surface area contributed by atoms with Crippen molar-refractivity contribution in [2.75, 3.05) is 13.2 Å². The Hall–Kier alpha value is -2.37. The van der Waals surface area contributed by atoms with Crippen molar-refractivity contribution in [3.05, 3.63) is 46.7 Å². The molecule has 0 aliphatic heterocycles. The lowest BCUT2D eigenvalue weighted by molar-refractivity contribution is -0.138. The Labute approximate surface area is 104 Å². The van der Waals surface area contributed by atoms with Crippen LogP contribution in [0.1, 0.15) is 6.92 Å². The van der Waals surface area contributed by atoms with E-state index >= 15 is 0 Å². The minimum atomic E-state index is -0.971. The van der Waals surface area contributed by atoms with Gasteiger partial charge in [-0.05, 0) is 24.2 Å². The van der Waals surface area contributed by atoms with E-state index in [0.29, 0.717) is 5.75 Å². The van der Waals surface area contributed by atoms with Crippen LogP contribution in [0.3, 0.4) is 0 Å². The van der Waals surface area contributed by atoms with Gasteiger partial charge in [0.05, 0.1) is 6.61 Å². The van der Waals surface area contributed by atoms with Crippen molar-refractivity contribution >= 4 is 5.97 Å². The minimum Gasteiger partial charge on any atom is -0.506 e. The van der Waals surface area contributed by atoms with Gasteiger partial charge in [0.15, 0.2) is 5.76 Å². The van der Waals surface area contributed by atoms with Crippen LogP contribution < -0.4 is 4.74 Å². The van der Waals surface area contributed by atoms with Gasteiger partial charge in [-0.2, -0.15) is 0 Å². The number of esters is 1. The zero-order chi connectivity index (χ0) is 13.4. The number of nitrogens with zero attached hydrogens (tertiary/aromatic N) is 1. The number of aliphatic hydroxyl groups excluding tert-OH is 1. The van der Waals surface area contributed by atoms with Crippen LogP contribution in [0.15, 0.2) is 47.0 Å². The fourth-order valence-electron chi connectivity index (χ4n) is 1.14. The molecule has 6 heteroatoms. The van der Waals surface area contributed by atoms with E-state index in [1.807, 2.05) is 0 Å². The molecule has 0 radical (unpaired) electrons. The summed E-state index contributed by atoms with van der Waals surface area (Å²) in [4.78, 5) is 21.7. The summed E-state index contributed by atoms with van der Waals surface area (Å²) in [7, 11) is 0. The van der Waals surface area contributed by atoms with E-state index in [9.17, 15) is 14.8 Å². The Bertz CT molecular complexity index is 441. The van der Waals surface area contributed by atoms with E-state index in [1.165, 1.54) is 0 Å². The number of benzene rings is 1. The molecule has 96 valence electrons. The number of aliphatic hydroxyl groups is 1. The third kappa shape index (κ3) is 3.89. The van der Waals surface area contributed by atoms with Gasteiger partial charge in [-0.3, -0.25) is 0 Å². The molecule has 0 aliphatic carbocycles. The number of hydrogen-bond acceptors (Lipinski definition) is 6. The van der Waals surface area contributed by atoms with E-state index in [1.54, 1.807) is 37.3 Å². The van der Waals surface area contributed by atoms with Crippen LogP contribution >= 0.6 is 0 Å². The maximum Gasteiger partial charge on any atom is 0.364 e. The van der Waals surface area contributed by atoms with Crippen LogP contribution in [0.4, 0.5) is 0 Å². The Balaban J connectivity index is 2.69. The molecule has 0 amide bonds. The third-order valence-corrected chi connectivity index (χ3v) is 1.95. The molecule has 6 nitrogen and oxygen atoms in total. The molecule has 1 aromatic carbocycles. The standard InChI is InChI=1S/C12H13NO5/c1-2-17-12(15)11(13-16)10(14)8-18-9-6-4-3-5-7-9/h3-7,14H,2,8H2,1H3. The largest absolute Gasteiger partial charge is 0.506 e. The first kappa shape index (κ1) is 13.7. The molecular weight excluding hydrogens is 238 g/mol. The molecule has 0 atom stereocenters. The highest BCUT2D eigenvalue weighted by molar-refractivity contribution is 5.88. The molecule has 0 aliphatic rings. The summed E-state index contributed by atoms with van der Waals surface area (Å²) in [6.45, 7) is 1.34. The third-order valence-electron chi connectivity index (χ3n) is 1.95. The average molecular weight is 251 g/mol. The number of carbonyl (C=O) groups is 1. The molecule has 18 heavy (non-hydrogen) atoms. The second-order valence-corrected chi connectivity index (χ2v) is 3.21. The second kappa shape index (κ2) is 7.05. The van der Waals surface area contributed by atoms with Gasteiger partial charge in [0.1, 0.15) is 12.4 Å². The molecule has 0 saturated heterocycles. The van der Waals surface area contributed by atoms with E-state index in [0.717, 1.165) is 0 Å². The maximum absolute atomic E-state index is 11.2. The van der Waals surface area contributed by atoms with Crippen LogP contribution in [0.2, 0.25) is 0 Å². The Morgan fingerprint density at radius 2 is 2.00 bits per heavy atom. The van der Waals surface area contributed by atoms with Crippen molar-refractivity contribution < 1.29 is 19.4 Å². The van der Waals surface area contributed by atoms with Gasteiger partial charge in [-0.15, -0.1) is 4.91 Å². The topological polar surface area (TPSA) is 85.2 Å². The predicted octanol–water partition coefficient (Wildman–Crippen LogP) is 2.16. The van der Waals surface area contributed by atoms with Crippen molar-refractivity contribution in [1.82, 2.24) is 0 Å². The zero-order valence-electron chi connectivity index (χ0n) is 9.83. The number of rotatable bonds is 6. The Morgan fingerprint density at radius 3 is 2.56 bits per heavy atom. The highest BCUT2D eigenvalue weighted by Gasteiger charge is 2.18. The lowest BCUT2D eigenvalue weighted by Gasteiger charge is -2.06. The monoisotopic (exact) mass is 251 g/mol. The number of carbonyl (C=O) groups excluding carboxylic acids is 1. The van der Waals surface area contributed by atoms with Crippen LogP contribution in [-0.4, -0.2) is 24.3 Å². The van der Waals surface area contributed by atoms with Crippen LogP contribution in [-0.2, 0) is 9.53 Å². The fourth-order valence-corrected chi connectivity index (χ4v) is 1.14. The molecule has 0 fully saturated rings. The molecular formula is C12H13NO5. The summed E-state index contributed by atoms with van der Waals surface area (Å²) in [5.74, 6) is -1.04. The zero-order valence-corrected chi connectivity index (χ0v) is 9.83. The van der Waals surface area contributed by atoms with Gasteiger partial charge < -0.3 is 14.6 Å². The molecule has 1 rings (SSSR count). The predicted molar refractivity (Wildman–Crippen MR) is 64.0 cm³/mol. The van der Waals surface area contributed by atoms with E-state index in [4.69, 9.17) is 4.74 Å². The van der Waals surface area contributed by atoms with E-state index in [2.05, 4.69) is 9.91 Å². The smallest absolute Gasteiger partial charge is 0.364 e. The van der Waals surface area contributed by atoms with Crippen molar-refractivity contribution in [2.24, 2.45) is 5.18 Å². The van der Waals surface area contributed by atoms with Crippen molar-refractivity contribution in [3.63, 3.8) is 0 Å². The Morgan fingerprint density at radius 1 is 1.33 bits per heavy atom. The maximum atomic E-state index is 11.2. The van der Waals surface area contributed by atoms with Gasteiger partial charge in [-0.25, -0.2) is 4.79 Å². The van der Waals surface area contributed by atoms with E-state index < -0.39 is 17.4 Å². The number of para-hydroxylation sites is 1. The summed E-state index contributed by atoms with van der Waals surface area (Å²) in [5, 5.41) is 12.0. The summed E-state index contributed by atoms with van der Waals surface area (Å²) in [6.07, 6.45) is 0. The first-order valence-electron chi connectivity index (χ1n) is 5.29. The highest BCUT2D eigenvalue weighted by atomic mass is 16.5. The summed E-state index contributed by atoms with van der Waals surface area (Å²) >= 11 is 0. The highest BCUT2D eigenvalue weighted by Crippen LogP contribution is 2.12. The van der Waals surface area contributed by atoms with Gasteiger partial charge >= 0.3 is 5.97 Å². The van der Waals surface area contributed by atoms with E-state index in [-0.39, 0.29) is 13.2 Å². The number of nitroso groups, excluding NO2 is 1. The number of hydrogen-bond donors (Lipinski definition) is 1. The van der Waals surface area contributed by atoms with Crippen molar-refractivity contribution in [1.29, 1.82) is 0 Å². The summed E-state index contributed by atoms with van der Waals surface area (Å²) in [5.41, 5.74) is -0.673. The fraction of sp³-hybridized carbons (Fsp3) is 0.250. The summed E-state index contributed by atoms with van der Waals surface area (Å²) < 4.78 is 9.73. The lowest BCUT2D eigenvalue weighted by Crippen LogP contribution is -2.12. The van der Waals surface area contributed by atoms with Gasteiger partial charge in [0, 0.05) is 0 Å². The Kier molecular flexibility index (Phi) is 5.37. The average Bonchev–Trinajstić information content (AvgIpc) is 2.39. The van der Waals surface area contributed by atoms with Crippen molar-refractivity contribution in [2.45, 2.75) is 6.92 Å². The van der Waals surface area contributed by atoms with Gasteiger partial charge in [-0.1, -0.05) is 18.2 Å². The minimum absolute atomic E-state index is 0.0880. The molecule has 0 unspecified atom stereocenters. The summed E-state index contributed by atoms with van der Waals surface area (Å²) in [6, 6.07) is 8.65.